The zero-order valence-electron chi connectivity index (χ0n) is 24.0. The van der Waals surface area contributed by atoms with Crippen LogP contribution in [0.25, 0.3) is 0 Å². The van der Waals surface area contributed by atoms with Crippen LogP contribution in [0, 0.1) is 0 Å². The number of hydrogen-bond donors (Lipinski definition) is 11. The van der Waals surface area contributed by atoms with Crippen LogP contribution in [0.5, 0.6) is 0 Å². The first-order chi connectivity index (χ1) is 19.6. The quantitative estimate of drug-likeness (QED) is 0.121. The second kappa shape index (κ2) is 19.6. The Hall–Kier alpha value is -0.600. The standard InChI is InChI=1S/C14H28N2O5.C6H14N2O4.C6H13NO/c15-9-3-10(16-11(6-17)7-18)5-13(4-9)21-14-2-1-12(8-19)20-14;7-1-2-4(9)5(10)3(8)6(11)12-2;7-5-6-3-1-2-4-8-6/h9-14,16-19H,1-8,15H2;2-6,9-11H,1,7-8H2;6H,1-5,7H2/t;2-,3+,4+,5?,6-;/m.0./s1. The van der Waals surface area contributed by atoms with Crippen LogP contribution in [0.15, 0.2) is 0 Å². The van der Waals surface area contributed by atoms with Crippen molar-refractivity contribution in [3.05, 3.63) is 0 Å². The van der Waals surface area contributed by atoms with E-state index in [1.165, 1.54) is 12.8 Å². The predicted molar refractivity (Wildman–Crippen MR) is 149 cm³/mol. The average molecular weight is 598 g/mol. The van der Waals surface area contributed by atoms with Crippen LogP contribution in [-0.2, 0) is 18.9 Å². The van der Waals surface area contributed by atoms with Crippen molar-refractivity contribution in [2.24, 2.45) is 22.9 Å². The number of nitrogens with one attached hydrogen (secondary N) is 1. The molecule has 0 radical (unpaired) electrons. The van der Waals surface area contributed by atoms with Gasteiger partial charge in [0.1, 0.15) is 18.3 Å². The Balaban J connectivity index is 0.000000246. The summed E-state index contributed by atoms with van der Waals surface area (Å²) in [6.07, 6.45) is 3.31. The molecule has 11 atom stereocenters. The van der Waals surface area contributed by atoms with E-state index in [9.17, 15) is 10.2 Å². The molecule has 4 rings (SSSR count). The number of aliphatic hydroxyl groups is 6. The van der Waals surface area contributed by atoms with Gasteiger partial charge in [-0.2, -0.15) is 0 Å². The molecule has 41 heavy (non-hydrogen) atoms. The van der Waals surface area contributed by atoms with E-state index in [0.717, 1.165) is 45.1 Å². The van der Waals surface area contributed by atoms with E-state index in [0.29, 0.717) is 12.6 Å². The molecule has 3 saturated heterocycles. The predicted octanol–water partition coefficient (Wildman–Crippen LogP) is -4.08. The Morgan fingerprint density at radius 1 is 0.829 bits per heavy atom. The van der Waals surface area contributed by atoms with Crippen molar-refractivity contribution in [2.45, 2.75) is 125 Å². The Morgan fingerprint density at radius 2 is 1.56 bits per heavy atom. The summed E-state index contributed by atoms with van der Waals surface area (Å²) in [5.41, 5.74) is 22.0. The van der Waals surface area contributed by atoms with Crippen molar-refractivity contribution in [3.63, 3.8) is 0 Å². The van der Waals surface area contributed by atoms with Crippen molar-refractivity contribution >= 4 is 0 Å². The van der Waals surface area contributed by atoms with Crippen molar-refractivity contribution in [3.8, 4) is 0 Å². The SMILES string of the molecule is NC1CC(NC(CO)CO)CC(OC2CCC(CO)O2)C1.NCC1CCCCO1.NC[C@@H]1O[C@H](O)[C@H](N)C(O)[C@@H]1O. The van der Waals surface area contributed by atoms with Crippen molar-refractivity contribution < 1.29 is 49.6 Å². The molecule has 0 aromatic heterocycles. The Morgan fingerprint density at radius 3 is 2.10 bits per heavy atom. The van der Waals surface area contributed by atoms with E-state index < -0.39 is 30.6 Å². The molecular weight excluding hydrogens is 542 g/mol. The lowest BCUT2D eigenvalue weighted by molar-refractivity contribution is -0.238. The second-order valence-electron chi connectivity index (χ2n) is 11.2. The average Bonchev–Trinajstić information content (AvgIpc) is 3.44. The maximum atomic E-state index is 9.28. The maximum Gasteiger partial charge on any atom is 0.172 e. The third kappa shape index (κ3) is 12.5. The summed E-state index contributed by atoms with van der Waals surface area (Å²) >= 11 is 0. The molecule has 244 valence electrons. The van der Waals surface area contributed by atoms with Crippen LogP contribution in [-0.4, -0.2) is 144 Å². The second-order valence-corrected chi connectivity index (χ2v) is 11.2. The number of rotatable bonds is 9. The summed E-state index contributed by atoms with van der Waals surface area (Å²) in [5, 5.41) is 58.2. The maximum absolute atomic E-state index is 9.28. The summed E-state index contributed by atoms with van der Waals surface area (Å²) < 4.78 is 21.7. The van der Waals surface area contributed by atoms with Gasteiger partial charge in [-0.05, 0) is 44.9 Å². The lowest BCUT2D eigenvalue weighted by atomic mass is 9.88. The largest absolute Gasteiger partial charge is 0.395 e. The van der Waals surface area contributed by atoms with E-state index in [4.69, 9.17) is 62.3 Å². The lowest BCUT2D eigenvalue weighted by Crippen LogP contribution is -2.62. The fourth-order valence-electron chi connectivity index (χ4n) is 5.33. The van der Waals surface area contributed by atoms with Gasteiger partial charge in [-0.3, -0.25) is 0 Å². The minimum Gasteiger partial charge on any atom is -0.395 e. The van der Waals surface area contributed by atoms with Crippen molar-refractivity contribution in [1.82, 2.24) is 5.32 Å². The molecule has 1 saturated carbocycles. The first kappa shape index (κ1) is 36.6. The third-order valence-corrected chi connectivity index (χ3v) is 7.77. The van der Waals surface area contributed by atoms with Gasteiger partial charge in [-0.25, -0.2) is 0 Å². The molecule has 4 aliphatic rings. The highest BCUT2D eigenvalue weighted by molar-refractivity contribution is 4.91. The van der Waals surface area contributed by atoms with Crippen molar-refractivity contribution in [1.29, 1.82) is 0 Å². The molecule has 7 unspecified atom stereocenters. The molecule has 1 aliphatic carbocycles. The smallest absolute Gasteiger partial charge is 0.172 e. The molecule has 4 fully saturated rings. The number of nitrogens with two attached hydrogens (primary N) is 4. The summed E-state index contributed by atoms with van der Waals surface area (Å²) in [6, 6.07) is -1.14. The van der Waals surface area contributed by atoms with E-state index in [2.05, 4.69) is 5.32 Å². The van der Waals surface area contributed by atoms with E-state index in [-0.39, 0.29) is 63.0 Å². The minimum atomic E-state index is -1.27. The zero-order valence-corrected chi connectivity index (χ0v) is 24.0. The molecule has 0 aromatic carbocycles. The molecule has 3 heterocycles. The summed E-state index contributed by atoms with van der Waals surface area (Å²) in [4.78, 5) is 0. The zero-order chi connectivity index (χ0) is 30.4. The molecule has 0 aromatic rings. The van der Waals surface area contributed by atoms with Gasteiger partial charge >= 0.3 is 0 Å². The van der Waals surface area contributed by atoms with Gasteiger partial charge in [-0.1, -0.05) is 0 Å². The Kier molecular flexibility index (Phi) is 17.5. The van der Waals surface area contributed by atoms with E-state index >= 15 is 0 Å². The highest BCUT2D eigenvalue weighted by Crippen LogP contribution is 2.27. The molecule has 0 bridgehead atoms. The van der Waals surface area contributed by atoms with E-state index in [1.807, 2.05) is 0 Å². The highest BCUT2D eigenvalue weighted by Gasteiger charge is 2.41. The Bertz CT molecular complexity index is 674. The van der Waals surface area contributed by atoms with Gasteiger partial charge in [0, 0.05) is 38.2 Å². The van der Waals surface area contributed by atoms with Crippen molar-refractivity contribution in [2.75, 3.05) is 39.5 Å². The third-order valence-electron chi connectivity index (χ3n) is 7.77. The van der Waals surface area contributed by atoms with Gasteiger partial charge in [0.05, 0.1) is 50.2 Å². The molecule has 0 spiro atoms. The summed E-state index contributed by atoms with van der Waals surface area (Å²) in [7, 11) is 0. The highest BCUT2D eigenvalue weighted by atomic mass is 16.7. The number of ether oxygens (including phenoxy) is 4. The van der Waals surface area contributed by atoms with Crippen LogP contribution in [0.2, 0.25) is 0 Å². The first-order valence-electron chi connectivity index (χ1n) is 14.8. The van der Waals surface area contributed by atoms with Gasteiger partial charge in [-0.15, -0.1) is 0 Å². The fraction of sp³-hybridized carbons (Fsp3) is 1.00. The molecule has 3 aliphatic heterocycles. The molecular formula is C26H55N5O10. The molecule has 15 nitrogen and oxygen atoms in total. The fourth-order valence-corrected chi connectivity index (χ4v) is 5.33. The normalized spacial score (nSPS) is 39.4. The van der Waals surface area contributed by atoms with E-state index in [1.54, 1.807) is 0 Å². The summed E-state index contributed by atoms with van der Waals surface area (Å²) in [5.74, 6) is 0. The minimum absolute atomic E-state index is 0.00623. The summed E-state index contributed by atoms with van der Waals surface area (Å²) in [6.45, 7) is 1.47. The molecule has 15 heteroatoms. The van der Waals surface area contributed by atoms with Crippen LogP contribution in [0.3, 0.4) is 0 Å². The van der Waals surface area contributed by atoms with Crippen LogP contribution >= 0.6 is 0 Å². The van der Waals surface area contributed by atoms with Crippen LogP contribution in [0.4, 0.5) is 0 Å². The molecule has 0 amide bonds. The topological polar surface area (TPSA) is 274 Å². The Labute approximate surface area is 242 Å². The van der Waals surface area contributed by atoms with Crippen LogP contribution < -0.4 is 28.3 Å². The van der Waals surface area contributed by atoms with Gasteiger partial charge in [0.15, 0.2) is 12.6 Å². The first-order valence-corrected chi connectivity index (χ1v) is 14.8. The van der Waals surface area contributed by atoms with Gasteiger partial charge in [0.2, 0.25) is 0 Å². The van der Waals surface area contributed by atoms with Gasteiger partial charge < -0.3 is 77.8 Å². The van der Waals surface area contributed by atoms with Crippen LogP contribution in [0.1, 0.15) is 51.4 Å². The number of hydrogen-bond acceptors (Lipinski definition) is 15. The monoisotopic (exact) mass is 597 g/mol. The molecule has 15 N–H and O–H groups in total. The number of aliphatic hydroxyl groups excluding tert-OH is 6. The van der Waals surface area contributed by atoms with Gasteiger partial charge in [0.25, 0.3) is 0 Å². The lowest BCUT2D eigenvalue weighted by Gasteiger charge is -2.38.